The highest BCUT2D eigenvalue weighted by Crippen LogP contribution is 2.28. The number of hydrogen-bond donors (Lipinski definition) is 0. The van der Waals surface area contributed by atoms with Crippen molar-refractivity contribution < 1.29 is 17.9 Å². The molecule has 6 nitrogen and oxygen atoms in total. The second kappa shape index (κ2) is 8.01. The summed E-state index contributed by atoms with van der Waals surface area (Å²) in [5.41, 5.74) is 1.02. The molecule has 1 fully saturated rings. The molecule has 28 heavy (non-hydrogen) atoms. The summed E-state index contributed by atoms with van der Waals surface area (Å²) in [4.78, 5) is 16.7. The minimum atomic E-state index is -3.66. The normalized spacial score (nSPS) is 18.6. The van der Waals surface area contributed by atoms with Crippen LogP contribution < -0.4 is 4.74 Å². The van der Waals surface area contributed by atoms with Crippen molar-refractivity contribution in [3.05, 3.63) is 54.4 Å². The molecule has 1 unspecified atom stereocenters. The third-order valence-electron chi connectivity index (χ3n) is 4.91. The SMILES string of the molecule is CC(C)(C)c1cccc(OC(=O)C2CCCN(S(=O)(=O)c3cccnc3)C2)c1. The van der Waals surface area contributed by atoms with E-state index in [1.807, 2.05) is 18.2 Å². The van der Waals surface area contributed by atoms with Crippen LogP contribution in [0.5, 0.6) is 5.75 Å². The predicted octanol–water partition coefficient (Wildman–Crippen LogP) is 3.39. The summed E-state index contributed by atoms with van der Waals surface area (Å²) >= 11 is 0. The van der Waals surface area contributed by atoms with Crippen LogP contribution in [0.4, 0.5) is 0 Å². The molecule has 2 heterocycles. The van der Waals surface area contributed by atoms with E-state index in [0.717, 1.165) is 5.56 Å². The molecule has 0 saturated carbocycles. The molecule has 0 spiro atoms. The first-order chi connectivity index (χ1) is 13.2. The van der Waals surface area contributed by atoms with Crippen molar-refractivity contribution in [3.8, 4) is 5.75 Å². The number of aromatic nitrogens is 1. The van der Waals surface area contributed by atoms with E-state index in [9.17, 15) is 13.2 Å². The van der Waals surface area contributed by atoms with Crippen LogP contribution in [0.3, 0.4) is 0 Å². The number of rotatable bonds is 4. The number of esters is 1. The van der Waals surface area contributed by atoms with Gasteiger partial charge in [0.25, 0.3) is 0 Å². The molecule has 0 bridgehead atoms. The van der Waals surface area contributed by atoms with E-state index in [-0.39, 0.29) is 16.9 Å². The Labute approximate surface area is 166 Å². The molecule has 1 aliphatic rings. The van der Waals surface area contributed by atoms with E-state index in [4.69, 9.17) is 4.74 Å². The van der Waals surface area contributed by atoms with Crippen molar-refractivity contribution >= 4 is 16.0 Å². The van der Waals surface area contributed by atoms with Crippen molar-refractivity contribution in [2.75, 3.05) is 13.1 Å². The van der Waals surface area contributed by atoms with Gasteiger partial charge in [0.15, 0.2) is 0 Å². The Bertz CT molecular complexity index is 936. The van der Waals surface area contributed by atoms with Gasteiger partial charge in [0.2, 0.25) is 10.0 Å². The third-order valence-corrected chi connectivity index (χ3v) is 6.76. The molecular formula is C21H26N2O4S. The Morgan fingerprint density at radius 1 is 1.21 bits per heavy atom. The van der Waals surface area contributed by atoms with Crippen LogP contribution in [0.25, 0.3) is 0 Å². The molecular weight excluding hydrogens is 376 g/mol. The van der Waals surface area contributed by atoms with E-state index < -0.39 is 21.9 Å². The highest BCUT2D eigenvalue weighted by molar-refractivity contribution is 7.89. The molecule has 1 saturated heterocycles. The molecule has 7 heteroatoms. The van der Waals surface area contributed by atoms with Crippen molar-refractivity contribution in [3.63, 3.8) is 0 Å². The number of hydrogen-bond acceptors (Lipinski definition) is 5. The Balaban J connectivity index is 1.72. The number of pyridine rings is 1. The fraction of sp³-hybridized carbons (Fsp3) is 0.429. The fourth-order valence-corrected chi connectivity index (χ4v) is 4.72. The van der Waals surface area contributed by atoms with Crippen LogP contribution in [0.1, 0.15) is 39.2 Å². The van der Waals surface area contributed by atoms with Gasteiger partial charge in [0, 0.05) is 25.5 Å². The lowest BCUT2D eigenvalue weighted by atomic mass is 9.87. The van der Waals surface area contributed by atoms with Gasteiger partial charge in [0.1, 0.15) is 10.6 Å². The zero-order valence-electron chi connectivity index (χ0n) is 16.5. The molecule has 1 aromatic carbocycles. The summed E-state index contributed by atoms with van der Waals surface area (Å²) in [5.74, 6) is -0.389. The minimum absolute atomic E-state index is 0.0537. The van der Waals surface area contributed by atoms with Crippen LogP contribution in [-0.4, -0.2) is 36.8 Å². The van der Waals surface area contributed by atoms with Crippen LogP contribution in [0, 0.1) is 5.92 Å². The first kappa shape index (κ1) is 20.5. The van der Waals surface area contributed by atoms with E-state index in [1.54, 1.807) is 12.1 Å². The monoisotopic (exact) mass is 402 g/mol. The van der Waals surface area contributed by atoms with Gasteiger partial charge in [-0.15, -0.1) is 0 Å². The van der Waals surface area contributed by atoms with Gasteiger partial charge in [-0.05, 0) is 48.1 Å². The van der Waals surface area contributed by atoms with E-state index in [2.05, 4.69) is 25.8 Å². The lowest BCUT2D eigenvalue weighted by molar-refractivity contribution is -0.140. The Kier molecular flexibility index (Phi) is 5.86. The van der Waals surface area contributed by atoms with Gasteiger partial charge >= 0.3 is 5.97 Å². The molecule has 150 valence electrons. The number of carbonyl (C=O) groups excluding carboxylic acids is 1. The van der Waals surface area contributed by atoms with E-state index >= 15 is 0 Å². The smallest absolute Gasteiger partial charge is 0.315 e. The van der Waals surface area contributed by atoms with E-state index in [1.165, 1.54) is 22.8 Å². The molecule has 0 amide bonds. The van der Waals surface area contributed by atoms with Gasteiger partial charge in [-0.1, -0.05) is 32.9 Å². The molecule has 1 aromatic heterocycles. The highest BCUT2D eigenvalue weighted by Gasteiger charge is 2.34. The number of nitrogens with zero attached hydrogens (tertiary/aromatic N) is 2. The average molecular weight is 403 g/mol. The number of benzene rings is 1. The highest BCUT2D eigenvalue weighted by atomic mass is 32.2. The second-order valence-electron chi connectivity index (χ2n) is 8.09. The van der Waals surface area contributed by atoms with Crippen LogP contribution >= 0.6 is 0 Å². The summed E-state index contributed by atoms with van der Waals surface area (Å²) in [6, 6.07) is 10.6. The Morgan fingerprint density at radius 3 is 2.68 bits per heavy atom. The van der Waals surface area contributed by atoms with Crippen LogP contribution in [0.2, 0.25) is 0 Å². The average Bonchev–Trinajstić information content (AvgIpc) is 2.68. The molecule has 1 atom stereocenters. The lowest BCUT2D eigenvalue weighted by Crippen LogP contribution is -2.43. The molecule has 1 aliphatic heterocycles. The zero-order valence-corrected chi connectivity index (χ0v) is 17.3. The van der Waals surface area contributed by atoms with Gasteiger partial charge in [-0.2, -0.15) is 4.31 Å². The summed E-state index contributed by atoms with van der Waals surface area (Å²) < 4.78 is 32.5. The van der Waals surface area contributed by atoms with Gasteiger partial charge in [-0.3, -0.25) is 9.78 Å². The summed E-state index contributed by atoms with van der Waals surface area (Å²) in [6.45, 7) is 6.79. The largest absolute Gasteiger partial charge is 0.426 e. The third kappa shape index (κ3) is 4.59. The predicted molar refractivity (Wildman–Crippen MR) is 106 cm³/mol. The first-order valence-corrected chi connectivity index (χ1v) is 10.8. The van der Waals surface area contributed by atoms with Gasteiger partial charge in [-0.25, -0.2) is 8.42 Å². The van der Waals surface area contributed by atoms with Crippen LogP contribution in [0.15, 0.2) is 53.7 Å². The molecule has 2 aromatic rings. The molecule has 0 aliphatic carbocycles. The lowest BCUT2D eigenvalue weighted by Gasteiger charge is -2.30. The quantitative estimate of drug-likeness (QED) is 0.579. The second-order valence-corrected chi connectivity index (χ2v) is 10.0. The van der Waals surface area contributed by atoms with Crippen molar-refractivity contribution in [2.24, 2.45) is 5.92 Å². The maximum atomic E-state index is 12.8. The maximum absolute atomic E-state index is 12.8. The van der Waals surface area contributed by atoms with Gasteiger partial charge < -0.3 is 4.74 Å². The zero-order chi connectivity index (χ0) is 20.4. The Morgan fingerprint density at radius 2 is 2.00 bits per heavy atom. The number of sulfonamides is 1. The van der Waals surface area contributed by atoms with Gasteiger partial charge in [0.05, 0.1) is 5.92 Å². The Hall–Kier alpha value is -2.25. The fourth-order valence-electron chi connectivity index (χ4n) is 3.23. The van der Waals surface area contributed by atoms with Crippen molar-refractivity contribution in [2.45, 2.75) is 43.9 Å². The van der Waals surface area contributed by atoms with Crippen molar-refractivity contribution in [1.82, 2.24) is 9.29 Å². The van der Waals surface area contributed by atoms with Crippen molar-refractivity contribution in [1.29, 1.82) is 0 Å². The maximum Gasteiger partial charge on any atom is 0.315 e. The molecule has 3 rings (SSSR count). The summed E-state index contributed by atoms with van der Waals surface area (Å²) in [7, 11) is -3.66. The molecule has 0 N–H and O–H groups in total. The van der Waals surface area contributed by atoms with E-state index in [0.29, 0.717) is 25.1 Å². The van der Waals surface area contributed by atoms with Crippen LogP contribution in [-0.2, 0) is 20.2 Å². The standard InChI is InChI=1S/C21H26N2O4S/c1-21(2,3)17-8-4-9-18(13-17)27-20(24)16-7-6-12-23(15-16)28(25,26)19-10-5-11-22-14-19/h4-5,8-11,13-14,16H,6-7,12,15H2,1-3H3. The first-order valence-electron chi connectivity index (χ1n) is 9.40. The number of carbonyl (C=O) groups is 1. The summed E-state index contributed by atoms with van der Waals surface area (Å²) in [6.07, 6.45) is 4.08. The topological polar surface area (TPSA) is 76.6 Å². The minimum Gasteiger partial charge on any atom is -0.426 e. The number of piperidine rings is 1. The molecule has 0 radical (unpaired) electrons. The number of ether oxygens (including phenoxy) is 1. The summed E-state index contributed by atoms with van der Waals surface area (Å²) in [5, 5.41) is 0.